The van der Waals surface area contributed by atoms with Crippen molar-refractivity contribution in [3.63, 3.8) is 0 Å². The van der Waals surface area contributed by atoms with E-state index in [2.05, 4.69) is 5.10 Å². The first-order valence-corrected chi connectivity index (χ1v) is 5.45. The van der Waals surface area contributed by atoms with Crippen LogP contribution in [0, 0.1) is 17.5 Å². The van der Waals surface area contributed by atoms with Gasteiger partial charge in [0.05, 0.1) is 6.20 Å². The summed E-state index contributed by atoms with van der Waals surface area (Å²) < 4.78 is 41.0. The first-order valence-electron chi connectivity index (χ1n) is 5.45. The largest absolute Gasteiger partial charge is 0.326 e. The minimum absolute atomic E-state index is 0. The zero-order valence-corrected chi connectivity index (χ0v) is 10.8. The maximum Gasteiger partial charge on any atom is 0.132 e. The first-order chi connectivity index (χ1) is 8.60. The van der Waals surface area contributed by atoms with Gasteiger partial charge in [0.25, 0.3) is 0 Å². The van der Waals surface area contributed by atoms with Crippen LogP contribution < -0.4 is 5.73 Å². The molecule has 0 atom stereocenters. The zero-order chi connectivity index (χ0) is 13.1. The third-order valence-corrected chi connectivity index (χ3v) is 2.62. The quantitative estimate of drug-likeness (QED) is 0.940. The van der Waals surface area contributed by atoms with E-state index < -0.39 is 17.5 Å². The van der Waals surface area contributed by atoms with Crippen molar-refractivity contribution in [1.29, 1.82) is 0 Å². The van der Waals surface area contributed by atoms with Crippen LogP contribution in [0.5, 0.6) is 0 Å². The Morgan fingerprint density at radius 2 is 1.79 bits per heavy atom. The number of hydrogen-bond acceptors (Lipinski definition) is 2. The van der Waals surface area contributed by atoms with Gasteiger partial charge in [-0.15, -0.1) is 12.4 Å². The summed E-state index contributed by atoms with van der Waals surface area (Å²) in [5.41, 5.74) is 6.13. The highest BCUT2D eigenvalue weighted by Crippen LogP contribution is 2.15. The Hall–Kier alpha value is -1.53. The summed E-state index contributed by atoms with van der Waals surface area (Å²) >= 11 is 0. The molecule has 1 aromatic carbocycles. The molecule has 7 heteroatoms. The van der Waals surface area contributed by atoms with Crippen molar-refractivity contribution in [2.24, 2.45) is 5.73 Å². The Morgan fingerprint density at radius 3 is 2.32 bits per heavy atom. The molecule has 0 amide bonds. The van der Waals surface area contributed by atoms with E-state index in [4.69, 9.17) is 5.73 Å². The van der Waals surface area contributed by atoms with Crippen molar-refractivity contribution in [1.82, 2.24) is 9.78 Å². The Kier molecular flexibility index (Phi) is 5.38. The number of aryl methyl sites for hydroxylation is 1. The highest BCUT2D eigenvalue weighted by atomic mass is 35.5. The van der Waals surface area contributed by atoms with Gasteiger partial charge in [-0.2, -0.15) is 5.10 Å². The first kappa shape index (κ1) is 15.5. The molecule has 104 valence electrons. The van der Waals surface area contributed by atoms with Crippen molar-refractivity contribution in [2.75, 3.05) is 0 Å². The molecule has 3 nitrogen and oxygen atoms in total. The lowest BCUT2D eigenvalue weighted by molar-refractivity contribution is 0.507. The fourth-order valence-electron chi connectivity index (χ4n) is 1.67. The van der Waals surface area contributed by atoms with E-state index in [1.165, 1.54) is 0 Å². The van der Waals surface area contributed by atoms with Gasteiger partial charge >= 0.3 is 0 Å². The third-order valence-electron chi connectivity index (χ3n) is 2.62. The molecule has 0 radical (unpaired) electrons. The van der Waals surface area contributed by atoms with Crippen LogP contribution in [-0.2, 0) is 19.5 Å². The lowest BCUT2D eigenvalue weighted by Gasteiger charge is -2.05. The van der Waals surface area contributed by atoms with Crippen LogP contribution in [0.25, 0.3) is 0 Å². The van der Waals surface area contributed by atoms with E-state index >= 15 is 0 Å². The van der Waals surface area contributed by atoms with E-state index in [0.29, 0.717) is 25.2 Å². The number of benzene rings is 1. The van der Waals surface area contributed by atoms with Crippen LogP contribution in [-0.4, -0.2) is 9.78 Å². The molecule has 2 N–H and O–H groups in total. The van der Waals surface area contributed by atoms with Crippen molar-refractivity contribution in [2.45, 2.75) is 19.5 Å². The molecular weight excluding hydrogens is 279 g/mol. The third kappa shape index (κ3) is 3.71. The molecule has 0 aliphatic heterocycles. The van der Waals surface area contributed by atoms with Crippen LogP contribution in [0.3, 0.4) is 0 Å². The lowest BCUT2D eigenvalue weighted by Crippen LogP contribution is -2.06. The van der Waals surface area contributed by atoms with Gasteiger partial charge < -0.3 is 5.73 Å². The molecule has 0 fully saturated rings. The fraction of sp³-hybridized carbons (Fsp3) is 0.250. The summed E-state index contributed by atoms with van der Waals surface area (Å²) in [7, 11) is 0. The summed E-state index contributed by atoms with van der Waals surface area (Å²) in [6.45, 7) is 0.665. The van der Waals surface area contributed by atoms with Gasteiger partial charge in [-0.1, -0.05) is 0 Å². The van der Waals surface area contributed by atoms with Gasteiger partial charge in [-0.05, 0) is 6.42 Å². The maximum absolute atomic E-state index is 13.4. The maximum atomic E-state index is 13.4. The number of rotatable bonds is 4. The van der Waals surface area contributed by atoms with Gasteiger partial charge in [-0.25, -0.2) is 13.2 Å². The molecule has 0 bridgehead atoms. The highest BCUT2D eigenvalue weighted by Gasteiger charge is 2.11. The second kappa shape index (κ2) is 6.58. The van der Waals surface area contributed by atoms with Crippen molar-refractivity contribution < 1.29 is 13.2 Å². The Bertz CT molecular complexity index is 534. The minimum atomic E-state index is -0.918. The number of aromatic nitrogens is 2. The SMILES string of the molecule is Cl.NCc1cnn(CCc2c(F)cc(F)cc2F)c1. The molecule has 0 aliphatic carbocycles. The monoisotopic (exact) mass is 291 g/mol. The molecule has 0 unspecified atom stereocenters. The van der Waals surface area contributed by atoms with E-state index in [1.54, 1.807) is 17.1 Å². The normalized spacial score (nSPS) is 10.3. The zero-order valence-electron chi connectivity index (χ0n) is 9.94. The second-order valence-electron chi connectivity index (χ2n) is 3.91. The lowest BCUT2D eigenvalue weighted by atomic mass is 10.1. The molecule has 1 aromatic heterocycles. The predicted octanol–water partition coefficient (Wildman–Crippen LogP) is 2.42. The average Bonchev–Trinajstić information content (AvgIpc) is 2.75. The van der Waals surface area contributed by atoms with Crippen LogP contribution in [0.4, 0.5) is 13.2 Å². The van der Waals surface area contributed by atoms with Gasteiger partial charge in [0.2, 0.25) is 0 Å². The summed E-state index contributed by atoms with van der Waals surface area (Å²) in [6, 6.07) is 1.35. The second-order valence-corrected chi connectivity index (χ2v) is 3.91. The molecule has 2 aromatic rings. The van der Waals surface area contributed by atoms with Gasteiger partial charge in [0, 0.05) is 42.5 Å². The molecule has 0 aliphatic rings. The average molecular weight is 292 g/mol. The number of nitrogens with zero attached hydrogens (tertiary/aromatic N) is 2. The number of halogens is 4. The van der Waals surface area contributed by atoms with E-state index in [-0.39, 0.29) is 24.4 Å². The standard InChI is InChI=1S/C12H12F3N3.ClH/c13-9-3-11(14)10(12(15)4-9)1-2-18-7-8(5-16)6-17-18;/h3-4,6-7H,1-2,5,16H2;1H. The number of hydrogen-bond donors (Lipinski definition) is 1. The molecule has 2 rings (SSSR count). The van der Waals surface area contributed by atoms with Crippen molar-refractivity contribution in [3.05, 3.63) is 53.1 Å². The van der Waals surface area contributed by atoms with E-state index in [9.17, 15) is 13.2 Å². The van der Waals surface area contributed by atoms with E-state index in [1.807, 2.05) is 0 Å². The summed E-state index contributed by atoms with van der Waals surface area (Å²) in [5.74, 6) is -2.67. The van der Waals surface area contributed by atoms with Crippen LogP contribution in [0.1, 0.15) is 11.1 Å². The predicted molar refractivity (Wildman–Crippen MR) is 67.4 cm³/mol. The van der Waals surface area contributed by atoms with Gasteiger partial charge in [0.1, 0.15) is 17.5 Å². The Balaban J connectivity index is 0.00000180. The molecule has 19 heavy (non-hydrogen) atoms. The van der Waals surface area contributed by atoms with Crippen molar-refractivity contribution in [3.8, 4) is 0 Å². The molecule has 0 saturated heterocycles. The Morgan fingerprint density at radius 1 is 1.16 bits per heavy atom. The summed E-state index contributed by atoms with van der Waals surface area (Å²) in [5, 5.41) is 4.00. The topological polar surface area (TPSA) is 43.8 Å². The van der Waals surface area contributed by atoms with Crippen molar-refractivity contribution >= 4 is 12.4 Å². The van der Waals surface area contributed by atoms with Gasteiger partial charge in [0.15, 0.2) is 0 Å². The molecule has 0 saturated carbocycles. The van der Waals surface area contributed by atoms with Gasteiger partial charge in [-0.3, -0.25) is 4.68 Å². The Labute approximate surface area is 114 Å². The number of nitrogens with two attached hydrogens (primary N) is 1. The highest BCUT2D eigenvalue weighted by molar-refractivity contribution is 5.85. The minimum Gasteiger partial charge on any atom is -0.326 e. The van der Waals surface area contributed by atoms with Crippen LogP contribution in [0.15, 0.2) is 24.5 Å². The molecule has 1 heterocycles. The summed E-state index contributed by atoms with van der Waals surface area (Å²) in [4.78, 5) is 0. The smallest absolute Gasteiger partial charge is 0.132 e. The van der Waals surface area contributed by atoms with E-state index in [0.717, 1.165) is 5.56 Å². The summed E-state index contributed by atoms with van der Waals surface area (Å²) in [6.07, 6.45) is 3.40. The molecule has 0 spiro atoms. The van der Waals surface area contributed by atoms with Crippen LogP contribution >= 0.6 is 12.4 Å². The fourth-order valence-corrected chi connectivity index (χ4v) is 1.67. The molecular formula is C12H13ClF3N3. The van der Waals surface area contributed by atoms with Crippen LogP contribution in [0.2, 0.25) is 0 Å².